The SMILES string of the molecule is CCC1CN(Cc2cc(C)nn2C)CCCN1. The van der Waals surface area contributed by atoms with E-state index >= 15 is 0 Å². The van der Waals surface area contributed by atoms with E-state index in [1.807, 2.05) is 11.7 Å². The minimum atomic E-state index is 0.645. The number of nitrogens with zero attached hydrogens (tertiary/aromatic N) is 3. The first-order valence-electron chi connectivity index (χ1n) is 6.64. The first-order chi connectivity index (χ1) is 8.19. The summed E-state index contributed by atoms with van der Waals surface area (Å²) in [6.45, 7) is 8.83. The van der Waals surface area contributed by atoms with E-state index in [9.17, 15) is 0 Å². The second-order valence-corrected chi connectivity index (χ2v) is 5.05. The van der Waals surface area contributed by atoms with Crippen molar-refractivity contribution < 1.29 is 0 Å². The fourth-order valence-corrected chi connectivity index (χ4v) is 2.53. The van der Waals surface area contributed by atoms with Gasteiger partial charge in [-0.3, -0.25) is 9.58 Å². The maximum Gasteiger partial charge on any atom is 0.0597 e. The molecule has 1 aliphatic heterocycles. The van der Waals surface area contributed by atoms with E-state index < -0.39 is 0 Å². The third-order valence-electron chi connectivity index (χ3n) is 3.54. The molecule has 1 saturated heterocycles. The molecule has 1 unspecified atom stereocenters. The van der Waals surface area contributed by atoms with Gasteiger partial charge in [-0.2, -0.15) is 5.10 Å². The summed E-state index contributed by atoms with van der Waals surface area (Å²) in [5.41, 5.74) is 2.43. The Hall–Kier alpha value is -0.870. The maximum atomic E-state index is 4.41. The van der Waals surface area contributed by atoms with E-state index in [0.717, 1.165) is 25.3 Å². The lowest BCUT2D eigenvalue weighted by atomic mass is 10.2. The summed E-state index contributed by atoms with van der Waals surface area (Å²) < 4.78 is 2.01. The van der Waals surface area contributed by atoms with Gasteiger partial charge in [-0.25, -0.2) is 0 Å². The van der Waals surface area contributed by atoms with Gasteiger partial charge in [-0.15, -0.1) is 0 Å². The molecule has 2 rings (SSSR count). The van der Waals surface area contributed by atoms with Crippen LogP contribution in [0.5, 0.6) is 0 Å². The van der Waals surface area contributed by atoms with Crippen molar-refractivity contribution in [3.05, 3.63) is 17.5 Å². The van der Waals surface area contributed by atoms with E-state index in [1.165, 1.54) is 25.1 Å². The van der Waals surface area contributed by atoms with Crippen LogP contribution < -0.4 is 5.32 Å². The van der Waals surface area contributed by atoms with Crippen LogP contribution >= 0.6 is 0 Å². The lowest BCUT2D eigenvalue weighted by Gasteiger charge is -2.23. The van der Waals surface area contributed by atoms with Crippen molar-refractivity contribution in [3.8, 4) is 0 Å². The summed E-state index contributed by atoms with van der Waals surface area (Å²) in [5.74, 6) is 0. The zero-order valence-electron chi connectivity index (χ0n) is 11.2. The second-order valence-electron chi connectivity index (χ2n) is 5.05. The van der Waals surface area contributed by atoms with Gasteiger partial charge in [0, 0.05) is 26.2 Å². The van der Waals surface area contributed by atoms with E-state index in [4.69, 9.17) is 0 Å². The van der Waals surface area contributed by atoms with Crippen molar-refractivity contribution >= 4 is 0 Å². The Bertz CT molecular complexity index is 358. The van der Waals surface area contributed by atoms with Crippen LogP contribution in [0.3, 0.4) is 0 Å². The number of nitrogens with one attached hydrogen (secondary N) is 1. The van der Waals surface area contributed by atoms with Gasteiger partial charge in [-0.1, -0.05) is 6.92 Å². The standard InChI is InChI=1S/C13H24N4/c1-4-12-9-17(7-5-6-14-12)10-13-8-11(2)15-16(13)3/h8,12,14H,4-7,9-10H2,1-3H3. The fraction of sp³-hybridized carbons (Fsp3) is 0.769. The second kappa shape index (κ2) is 5.65. The molecule has 1 atom stereocenters. The summed E-state index contributed by atoms with van der Waals surface area (Å²) in [7, 11) is 2.04. The summed E-state index contributed by atoms with van der Waals surface area (Å²) in [6, 6.07) is 2.84. The molecule has 4 nitrogen and oxygen atoms in total. The van der Waals surface area contributed by atoms with Crippen molar-refractivity contribution in [1.29, 1.82) is 0 Å². The van der Waals surface area contributed by atoms with E-state index in [2.05, 4.69) is 35.2 Å². The Labute approximate surface area is 104 Å². The number of aromatic nitrogens is 2. The molecule has 4 heteroatoms. The van der Waals surface area contributed by atoms with Gasteiger partial charge in [0.15, 0.2) is 0 Å². The number of rotatable bonds is 3. The van der Waals surface area contributed by atoms with Crippen LogP contribution in [0.25, 0.3) is 0 Å². The molecule has 2 heterocycles. The highest BCUT2D eigenvalue weighted by Crippen LogP contribution is 2.10. The van der Waals surface area contributed by atoms with Crippen LogP contribution in [0, 0.1) is 6.92 Å². The van der Waals surface area contributed by atoms with Crippen LogP contribution in [0.1, 0.15) is 31.2 Å². The van der Waals surface area contributed by atoms with Crippen molar-refractivity contribution in [2.24, 2.45) is 7.05 Å². The monoisotopic (exact) mass is 236 g/mol. The predicted molar refractivity (Wildman–Crippen MR) is 69.9 cm³/mol. The van der Waals surface area contributed by atoms with Crippen LogP contribution in [0.2, 0.25) is 0 Å². The quantitative estimate of drug-likeness (QED) is 0.859. The molecule has 0 bridgehead atoms. The molecule has 0 amide bonds. The molecule has 0 aromatic carbocycles. The first kappa shape index (κ1) is 12.6. The number of aryl methyl sites for hydroxylation is 2. The van der Waals surface area contributed by atoms with Gasteiger partial charge in [0.05, 0.1) is 11.4 Å². The predicted octanol–water partition coefficient (Wildman–Crippen LogP) is 1.30. The van der Waals surface area contributed by atoms with Crippen LogP contribution in [-0.2, 0) is 13.6 Å². The lowest BCUT2D eigenvalue weighted by Crippen LogP contribution is -2.37. The Morgan fingerprint density at radius 2 is 2.35 bits per heavy atom. The summed E-state index contributed by atoms with van der Waals surface area (Å²) in [4.78, 5) is 2.55. The van der Waals surface area contributed by atoms with E-state index in [0.29, 0.717) is 6.04 Å². The maximum absolute atomic E-state index is 4.41. The summed E-state index contributed by atoms with van der Waals surface area (Å²) in [6.07, 6.45) is 2.45. The molecular formula is C13H24N4. The van der Waals surface area contributed by atoms with Gasteiger partial charge < -0.3 is 5.32 Å². The molecule has 1 aromatic heterocycles. The molecule has 1 fully saturated rings. The molecule has 17 heavy (non-hydrogen) atoms. The highest BCUT2D eigenvalue weighted by Gasteiger charge is 2.17. The van der Waals surface area contributed by atoms with Gasteiger partial charge in [0.2, 0.25) is 0 Å². The largest absolute Gasteiger partial charge is 0.313 e. The Balaban J connectivity index is 1.99. The minimum Gasteiger partial charge on any atom is -0.313 e. The number of hydrogen-bond acceptors (Lipinski definition) is 3. The number of hydrogen-bond donors (Lipinski definition) is 1. The van der Waals surface area contributed by atoms with Crippen molar-refractivity contribution in [3.63, 3.8) is 0 Å². The highest BCUT2D eigenvalue weighted by atomic mass is 15.3. The average Bonchev–Trinajstić information content (AvgIpc) is 2.53. The van der Waals surface area contributed by atoms with Gasteiger partial charge in [0.1, 0.15) is 0 Å². The third kappa shape index (κ3) is 3.30. The Kier molecular flexibility index (Phi) is 4.18. The van der Waals surface area contributed by atoms with E-state index in [-0.39, 0.29) is 0 Å². The molecule has 1 aliphatic rings. The van der Waals surface area contributed by atoms with Gasteiger partial charge in [0.25, 0.3) is 0 Å². The van der Waals surface area contributed by atoms with Gasteiger partial charge in [-0.05, 0) is 38.9 Å². The van der Waals surface area contributed by atoms with Gasteiger partial charge >= 0.3 is 0 Å². The fourth-order valence-electron chi connectivity index (χ4n) is 2.53. The zero-order chi connectivity index (χ0) is 12.3. The molecule has 0 saturated carbocycles. The van der Waals surface area contributed by atoms with Crippen LogP contribution in [-0.4, -0.2) is 40.4 Å². The molecule has 96 valence electrons. The highest BCUT2D eigenvalue weighted by molar-refractivity contribution is 5.08. The smallest absolute Gasteiger partial charge is 0.0597 e. The van der Waals surface area contributed by atoms with Crippen LogP contribution in [0.4, 0.5) is 0 Å². The summed E-state index contributed by atoms with van der Waals surface area (Å²) in [5, 5.41) is 8.02. The normalized spacial score (nSPS) is 22.6. The van der Waals surface area contributed by atoms with Crippen molar-refractivity contribution in [2.75, 3.05) is 19.6 Å². The lowest BCUT2D eigenvalue weighted by molar-refractivity contribution is 0.251. The Morgan fingerprint density at radius 1 is 1.53 bits per heavy atom. The molecule has 1 N–H and O–H groups in total. The zero-order valence-corrected chi connectivity index (χ0v) is 11.2. The van der Waals surface area contributed by atoms with E-state index in [1.54, 1.807) is 0 Å². The molecular weight excluding hydrogens is 212 g/mol. The average molecular weight is 236 g/mol. The van der Waals surface area contributed by atoms with Crippen molar-refractivity contribution in [2.45, 2.75) is 39.3 Å². The molecule has 0 aliphatic carbocycles. The molecule has 1 aromatic rings. The summed E-state index contributed by atoms with van der Waals surface area (Å²) >= 11 is 0. The first-order valence-corrected chi connectivity index (χ1v) is 6.64. The molecule has 0 spiro atoms. The minimum absolute atomic E-state index is 0.645. The Morgan fingerprint density at radius 3 is 3.00 bits per heavy atom. The van der Waals surface area contributed by atoms with Crippen molar-refractivity contribution in [1.82, 2.24) is 20.0 Å². The third-order valence-corrected chi connectivity index (χ3v) is 3.54. The van der Waals surface area contributed by atoms with Crippen LogP contribution in [0.15, 0.2) is 6.07 Å². The molecule has 0 radical (unpaired) electrons. The topological polar surface area (TPSA) is 33.1 Å².